The van der Waals surface area contributed by atoms with Gasteiger partial charge in [0.05, 0.1) is 19.8 Å². The number of rotatable bonds is 2. The molecule has 0 bridgehead atoms. The molecular formula is C15H15NO4. The number of fused-ring (bicyclic) bond motifs is 1. The highest BCUT2D eigenvalue weighted by Crippen LogP contribution is 2.35. The lowest BCUT2D eigenvalue weighted by atomic mass is 10.0. The van der Waals surface area contributed by atoms with E-state index in [0.717, 1.165) is 5.56 Å². The van der Waals surface area contributed by atoms with E-state index in [-0.39, 0.29) is 23.8 Å². The van der Waals surface area contributed by atoms with Crippen molar-refractivity contribution in [3.8, 4) is 0 Å². The maximum Gasteiger partial charge on any atom is 0.343 e. The molecule has 20 heavy (non-hydrogen) atoms. The van der Waals surface area contributed by atoms with Crippen molar-refractivity contribution in [1.82, 2.24) is 4.90 Å². The SMILES string of the molecule is COC(=O)C1=CC[C@H]2OC[C@@H](c3ccccc3)N2C1=O. The third-order valence-corrected chi connectivity index (χ3v) is 3.67. The fraction of sp³-hybridized carbons (Fsp3) is 0.333. The molecule has 0 N–H and O–H groups in total. The summed E-state index contributed by atoms with van der Waals surface area (Å²) >= 11 is 0. The van der Waals surface area contributed by atoms with Crippen LogP contribution in [-0.2, 0) is 19.1 Å². The molecule has 0 saturated carbocycles. The van der Waals surface area contributed by atoms with Gasteiger partial charge in [-0.1, -0.05) is 36.4 Å². The first-order valence-corrected chi connectivity index (χ1v) is 6.50. The molecule has 2 aliphatic rings. The first-order valence-electron chi connectivity index (χ1n) is 6.50. The summed E-state index contributed by atoms with van der Waals surface area (Å²) in [5, 5.41) is 0. The Kier molecular flexibility index (Phi) is 3.28. The fourth-order valence-corrected chi connectivity index (χ4v) is 2.68. The van der Waals surface area contributed by atoms with Gasteiger partial charge >= 0.3 is 5.97 Å². The molecule has 0 radical (unpaired) electrons. The number of nitrogens with zero attached hydrogens (tertiary/aromatic N) is 1. The molecule has 1 fully saturated rings. The second kappa shape index (κ2) is 5.09. The summed E-state index contributed by atoms with van der Waals surface area (Å²) in [7, 11) is 1.28. The Hall–Kier alpha value is -2.14. The quantitative estimate of drug-likeness (QED) is 0.604. The summed E-state index contributed by atoms with van der Waals surface area (Å²) in [6.07, 6.45) is 1.82. The van der Waals surface area contributed by atoms with Gasteiger partial charge in [-0.15, -0.1) is 0 Å². The first-order chi connectivity index (χ1) is 9.72. The van der Waals surface area contributed by atoms with E-state index in [9.17, 15) is 9.59 Å². The monoisotopic (exact) mass is 273 g/mol. The van der Waals surface area contributed by atoms with Crippen LogP contribution >= 0.6 is 0 Å². The van der Waals surface area contributed by atoms with Gasteiger partial charge in [0.25, 0.3) is 5.91 Å². The number of amides is 1. The highest BCUT2D eigenvalue weighted by Gasteiger charge is 2.43. The van der Waals surface area contributed by atoms with E-state index in [1.165, 1.54) is 7.11 Å². The van der Waals surface area contributed by atoms with E-state index in [4.69, 9.17) is 4.74 Å². The number of ether oxygens (including phenoxy) is 2. The minimum absolute atomic E-state index is 0.0928. The molecule has 1 aromatic rings. The number of benzene rings is 1. The van der Waals surface area contributed by atoms with Crippen molar-refractivity contribution in [3.63, 3.8) is 0 Å². The Labute approximate surface area is 116 Å². The topological polar surface area (TPSA) is 55.8 Å². The number of hydrogen-bond donors (Lipinski definition) is 0. The molecule has 0 spiro atoms. The summed E-state index contributed by atoms with van der Waals surface area (Å²) in [6, 6.07) is 9.54. The zero-order valence-electron chi connectivity index (χ0n) is 11.1. The number of carbonyl (C=O) groups is 2. The second-order valence-corrected chi connectivity index (χ2v) is 4.77. The van der Waals surface area contributed by atoms with Crippen LogP contribution in [0.2, 0.25) is 0 Å². The standard InChI is InChI=1S/C15H15NO4/c1-19-15(18)11-7-8-13-16(14(11)17)12(9-20-13)10-5-3-2-4-6-10/h2-7,12-13H,8-9H2,1H3/t12-,13+/m0/s1. The molecule has 1 saturated heterocycles. The summed E-state index contributed by atoms with van der Waals surface area (Å²) in [5.74, 6) is -0.911. The molecule has 3 rings (SSSR count). The summed E-state index contributed by atoms with van der Waals surface area (Å²) < 4.78 is 10.3. The van der Waals surface area contributed by atoms with Gasteiger partial charge in [-0.25, -0.2) is 4.79 Å². The molecule has 0 aliphatic carbocycles. The highest BCUT2D eigenvalue weighted by atomic mass is 16.5. The summed E-state index contributed by atoms with van der Waals surface area (Å²) in [6.45, 7) is 0.447. The van der Waals surface area contributed by atoms with Crippen molar-refractivity contribution in [2.45, 2.75) is 18.7 Å². The van der Waals surface area contributed by atoms with Crippen molar-refractivity contribution < 1.29 is 19.1 Å². The molecule has 104 valence electrons. The molecular weight excluding hydrogens is 258 g/mol. The van der Waals surface area contributed by atoms with Crippen LogP contribution in [-0.4, -0.2) is 36.7 Å². The average molecular weight is 273 g/mol. The van der Waals surface area contributed by atoms with Gasteiger partial charge in [-0.05, 0) is 5.56 Å². The molecule has 0 unspecified atom stereocenters. The highest BCUT2D eigenvalue weighted by molar-refractivity contribution is 6.16. The first kappa shape index (κ1) is 12.9. The van der Waals surface area contributed by atoms with E-state index in [0.29, 0.717) is 13.0 Å². The van der Waals surface area contributed by atoms with Crippen LogP contribution in [0.4, 0.5) is 0 Å². The van der Waals surface area contributed by atoms with Crippen molar-refractivity contribution in [3.05, 3.63) is 47.5 Å². The van der Waals surface area contributed by atoms with E-state index in [1.807, 2.05) is 30.3 Å². The van der Waals surface area contributed by atoms with Crippen molar-refractivity contribution in [2.75, 3.05) is 13.7 Å². The van der Waals surface area contributed by atoms with Crippen molar-refractivity contribution in [1.29, 1.82) is 0 Å². The molecule has 0 aromatic heterocycles. The van der Waals surface area contributed by atoms with E-state index >= 15 is 0 Å². The smallest absolute Gasteiger partial charge is 0.343 e. The Morgan fingerprint density at radius 1 is 1.35 bits per heavy atom. The van der Waals surface area contributed by atoms with Crippen molar-refractivity contribution in [2.24, 2.45) is 0 Å². The van der Waals surface area contributed by atoms with Crippen LogP contribution in [0.15, 0.2) is 42.0 Å². The molecule has 5 nitrogen and oxygen atoms in total. The lowest BCUT2D eigenvalue weighted by Gasteiger charge is -2.31. The van der Waals surface area contributed by atoms with Gasteiger partial charge in [0.15, 0.2) is 0 Å². The minimum atomic E-state index is -0.591. The molecule has 2 aliphatic heterocycles. The molecule has 1 amide bonds. The fourth-order valence-electron chi connectivity index (χ4n) is 2.68. The maximum absolute atomic E-state index is 12.5. The third kappa shape index (κ3) is 2.00. The Balaban J connectivity index is 1.91. The molecule has 2 heterocycles. The van der Waals surface area contributed by atoms with Gasteiger partial charge in [-0.3, -0.25) is 4.79 Å². The zero-order chi connectivity index (χ0) is 14.1. The largest absolute Gasteiger partial charge is 0.465 e. The van der Waals surface area contributed by atoms with E-state index in [2.05, 4.69) is 4.74 Å². The van der Waals surface area contributed by atoms with Crippen LogP contribution in [0.5, 0.6) is 0 Å². The van der Waals surface area contributed by atoms with Crippen LogP contribution in [0, 0.1) is 0 Å². The second-order valence-electron chi connectivity index (χ2n) is 4.77. The Bertz CT molecular complexity index is 566. The molecule has 5 heteroatoms. The van der Waals surface area contributed by atoms with Gasteiger partial charge in [0.1, 0.15) is 11.8 Å². The predicted molar refractivity (Wildman–Crippen MR) is 70.5 cm³/mol. The van der Waals surface area contributed by atoms with Gasteiger partial charge in [0.2, 0.25) is 0 Å². The Morgan fingerprint density at radius 2 is 2.10 bits per heavy atom. The van der Waals surface area contributed by atoms with Gasteiger partial charge < -0.3 is 14.4 Å². The number of carbonyl (C=O) groups excluding carboxylic acids is 2. The molecule has 2 atom stereocenters. The van der Waals surface area contributed by atoms with Gasteiger partial charge in [-0.2, -0.15) is 0 Å². The van der Waals surface area contributed by atoms with Crippen LogP contribution in [0.25, 0.3) is 0 Å². The third-order valence-electron chi connectivity index (χ3n) is 3.67. The number of esters is 1. The minimum Gasteiger partial charge on any atom is -0.465 e. The Morgan fingerprint density at radius 3 is 2.80 bits per heavy atom. The van der Waals surface area contributed by atoms with Crippen LogP contribution < -0.4 is 0 Å². The lowest BCUT2D eigenvalue weighted by molar-refractivity contribution is -0.143. The maximum atomic E-state index is 12.5. The molecule has 1 aromatic carbocycles. The zero-order valence-corrected chi connectivity index (χ0v) is 11.1. The summed E-state index contributed by atoms with van der Waals surface area (Å²) in [5.41, 5.74) is 1.10. The normalized spacial score (nSPS) is 25.1. The van der Waals surface area contributed by atoms with E-state index in [1.54, 1.807) is 11.0 Å². The van der Waals surface area contributed by atoms with Gasteiger partial charge in [0, 0.05) is 6.42 Å². The van der Waals surface area contributed by atoms with Crippen LogP contribution in [0.3, 0.4) is 0 Å². The van der Waals surface area contributed by atoms with E-state index < -0.39 is 5.97 Å². The average Bonchev–Trinajstić information content (AvgIpc) is 2.92. The predicted octanol–water partition coefficient (Wildman–Crippen LogP) is 1.42. The van der Waals surface area contributed by atoms with Crippen molar-refractivity contribution >= 4 is 11.9 Å². The lowest BCUT2D eigenvalue weighted by Crippen LogP contribution is -2.43. The number of methoxy groups -OCH3 is 1. The van der Waals surface area contributed by atoms with Crippen LogP contribution in [0.1, 0.15) is 18.0 Å². The summed E-state index contributed by atoms with van der Waals surface area (Å²) in [4.78, 5) is 25.7. The number of hydrogen-bond acceptors (Lipinski definition) is 4.